The Hall–Kier alpha value is -1.46. The summed E-state index contributed by atoms with van der Waals surface area (Å²) in [6, 6.07) is 9.66. The molecule has 35 heavy (non-hydrogen) atoms. The van der Waals surface area contributed by atoms with Gasteiger partial charge in [-0.2, -0.15) is 0 Å². The molecule has 1 saturated carbocycles. The Morgan fingerprint density at radius 1 is 1.11 bits per heavy atom. The van der Waals surface area contributed by atoms with Crippen molar-refractivity contribution in [2.24, 2.45) is 17.8 Å². The lowest BCUT2D eigenvalue weighted by atomic mass is 9.75. The van der Waals surface area contributed by atoms with Crippen LogP contribution >= 0.6 is 0 Å². The van der Waals surface area contributed by atoms with Gasteiger partial charge in [-0.1, -0.05) is 62.4 Å². The first kappa shape index (κ1) is 28.1. The smallest absolute Gasteiger partial charge is 0.222 e. The van der Waals surface area contributed by atoms with E-state index in [1.165, 1.54) is 32.1 Å². The number of nitrogens with zero attached hydrogens (tertiary/aromatic N) is 2. The standard InChI is InChI=1S/C30H49FN2O2/c1-32(2)23-26(21-25-13-6-4-7-14-25)22-29(34)33-19-12-17-28(24-33)30(31,18-10-11-20-35-3)27-15-8-5-9-16-27/h5,8-9,15-16,25-26,28H,4,6-7,10-14,17-24H2,1-3H3/t26-,28-,30?/m1/s1. The third-order valence-electron chi connectivity index (χ3n) is 8.29. The normalized spacial score (nSPS) is 22.2. The predicted octanol–water partition coefficient (Wildman–Crippen LogP) is 6.45. The summed E-state index contributed by atoms with van der Waals surface area (Å²) in [6.07, 6.45) is 12.3. The lowest BCUT2D eigenvalue weighted by Gasteiger charge is -2.42. The first-order valence-corrected chi connectivity index (χ1v) is 14.1. The molecule has 0 N–H and O–H groups in total. The summed E-state index contributed by atoms with van der Waals surface area (Å²) in [4.78, 5) is 17.7. The highest BCUT2D eigenvalue weighted by atomic mass is 19.1. The van der Waals surface area contributed by atoms with Crippen LogP contribution in [0.3, 0.4) is 0 Å². The number of carbonyl (C=O) groups is 1. The summed E-state index contributed by atoms with van der Waals surface area (Å²) in [5, 5.41) is 0. The quantitative estimate of drug-likeness (QED) is 0.299. The van der Waals surface area contributed by atoms with Crippen LogP contribution in [0.4, 0.5) is 4.39 Å². The molecule has 3 rings (SSSR count). The third-order valence-corrected chi connectivity index (χ3v) is 8.29. The van der Waals surface area contributed by atoms with Crippen molar-refractivity contribution in [3.8, 4) is 0 Å². The fourth-order valence-electron chi connectivity index (χ4n) is 6.51. The van der Waals surface area contributed by atoms with Gasteiger partial charge in [-0.05, 0) is 70.0 Å². The van der Waals surface area contributed by atoms with E-state index < -0.39 is 5.67 Å². The van der Waals surface area contributed by atoms with Crippen LogP contribution in [0, 0.1) is 17.8 Å². The van der Waals surface area contributed by atoms with Gasteiger partial charge in [0.25, 0.3) is 0 Å². The second kappa shape index (κ2) is 14.3. The second-order valence-electron chi connectivity index (χ2n) is 11.4. The molecular formula is C30H49FN2O2. The Morgan fingerprint density at radius 3 is 2.54 bits per heavy atom. The number of methoxy groups -OCH3 is 1. The number of halogens is 1. The predicted molar refractivity (Wildman–Crippen MR) is 142 cm³/mol. The molecule has 2 fully saturated rings. The molecule has 1 aliphatic heterocycles. The Balaban J connectivity index is 1.66. The fourth-order valence-corrected chi connectivity index (χ4v) is 6.51. The van der Waals surface area contributed by atoms with E-state index in [0.29, 0.717) is 31.9 Å². The summed E-state index contributed by atoms with van der Waals surface area (Å²) in [7, 11) is 5.91. The number of likely N-dealkylation sites (tertiary alicyclic amines) is 1. The lowest BCUT2D eigenvalue weighted by Crippen LogP contribution is -2.47. The minimum atomic E-state index is -1.40. The molecule has 1 heterocycles. The molecule has 198 valence electrons. The Bertz CT molecular complexity index is 737. The van der Waals surface area contributed by atoms with Crippen molar-refractivity contribution in [1.29, 1.82) is 0 Å². The number of hydrogen-bond donors (Lipinski definition) is 0. The number of amides is 1. The number of ether oxygens (including phenoxy) is 1. The summed E-state index contributed by atoms with van der Waals surface area (Å²) in [5.74, 6) is 1.22. The molecule has 1 amide bonds. The van der Waals surface area contributed by atoms with Crippen LogP contribution in [0.15, 0.2) is 30.3 Å². The van der Waals surface area contributed by atoms with Gasteiger partial charge in [-0.3, -0.25) is 4.79 Å². The van der Waals surface area contributed by atoms with Crippen LogP contribution in [-0.4, -0.2) is 63.2 Å². The third kappa shape index (κ3) is 8.56. The molecule has 0 bridgehead atoms. The maximum absolute atomic E-state index is 16.8. The van der Waals surface area contributed by atoms with Crippen molar-refractivity contribution in [3.63, 3.8) is 0 Å². The topological polar surface area (TPSA) is 32.8 Å². The molecule has 3 atom stereocenters. The number of unbranched alkanes of at least 4 members (excludes halogenated alkanes) is 1. The maximum atomic E-state index is 16.8. The summed E-state index contributed by atoms with van der Waals surface area (Å²) >= 11 is 0. The van der Waals surface area contributed by atoms with Crippen molar-refractivity contribution in [2.45, 2.75) is 82.7 Å². The number of hydrogen-bond acceptors (Lipinski definition) is 3. The Kier molecular flexibility index (Phi) is 11.5. The number of piperidine rings is 1. The van der Waals surface area contributed by atoms with Crippen LogP contribution in [0.5, 0.6) is 0 Å². The molecule has 0 aromatic heterocycles. The van der Waals surface area contributed by atoms with Gasteiger partial charge in [0.05, 0.1) is 0 Å². The number of carbonyl (C=O) groups excluding carboxylic acids is 1. The Labute approximate surface area is 213 Å². The van der Waals surface area contributed by atoms with Crippen LogP contribution in [0.1, 0.15) is 82.6 Å². The van der Waals surface area contributed by atoms with E-state index in [1.807, 2.05) is 35.2 Å². The van der Waals surface area contributed by atoms with E-state index in [2.05, 4.69) is 19.0 Å². The second-order valence-corrected chi connectivity index (χ2v) is 11.4. The summed E-state index contributed by atoms with van der Waals surface area (Å²) in [5.41, 5.74) is -0.640. The van der Waals surface area contributed by atoms with Crippen LogP contribution in [0.2, 0.25) is 0 Å². The molecule has 0 radical (unpaired) electrons. The van der Waals surface area contributed by atoms with Gasteiger partial charge in [-0.25, -0.2) is 4.39 Å². The number of benzene rings is 1. The van der Waals surface area contributed by atoms with Gasteiger partial charge in [0, 0.05) is 45.7 Å². The molecule has 1 aliphatic carbocycles. The molecule has 1 aromatic carbocycles. The number of alkyl halides is 1. The molecule has 1 saturated heterocycles. The average Bonchev–Trinajstić information content (AvgIpc) is 2.87. The minimum Gasteiger partial charge on any atom is -0.385 e. The molecule has 2 aliphatic rings. The summed E-state index contributed by atoms with van der Waals surface area (Å²) < 4.78 is 22.0. The maximum Gasteiger partial charge on any atom is 0.222 e. The molecule has 1 unspecified atom stereocenters. The van der Waals surface area contributed by atoms with E-state index in [4.69, 9.17) is 4.74 Å². The molecule has 0 spiro atoms. The van der Waals surface area contributed by atoms with Crippen molar-refractivity contribution in [3.05, 3.63) is 35.9 Å². The van der Waals surface area contributed by atoms with Gasteiger partial charge >= 0.3 is 0 Å². The first-order chi connectivity index (χ1) is 16.9. The van der Waals surface area contributed by atoms with Crippen molar-refractivity contribution < 1.29 is 13.9 Å². The van der Waals surface area contributed by atoms with Gasteiger partial charge in [0.15, 0.2) is 0 Å². The van der Waals surface area contributed by atoms with E-state index in [-0.39, 0.29) is 11.8 Å². The van der Waals surface area contributed by atoms with Gasteiger partial charge < -0.3 is 14.5 Å². The zero-order valence-electron chi connectivity index (χ0n) is 22.5. The highest BCUT2D eigenvalue weighted by molar-refractivity contribution is 5.76. The zero-order chi connectivity index (χ0) is 25.1. The first-order valence-electron chi connectivity index (χ1n) is 14.1. The molecular weight excluding hydrogens is 439 g/mol. The fraction of sp³-hybridized carbons (Fsp3) is 0.767. The molecule has 4 nitrogen and oxygen atoms in total. The van der Waals surface area contributed by atoms with Gasteiger partial charge in [0.1, 0.15) is 5.67 Å². The summed E-state index contributed by atoms with van der Waals surface area (Å²) in [6.45, 7) is 2.92. The van der Waals surface area contributed by atoms with Gasteiger partial charge in [-0.15, -0.1) is 0 Å². The van der Waals surface area contributed by atoms with Crippen molar-refractivity contribution in [1.82, 2.24) is 9.80 Å². The van der Waals surface area contributed by atoms with Crippen LogP contribution in [0.25, 0.3) is 0 Å². The monoisotopic (exact) mass is 488 g/mol. The zero-order valence-corrected chi connectivity index (χ0v) is 22.5. The van der Waals surface area contributed by atoms with E-state index in [9.17, 15) is 4.79 Å². The lowest BCUT2D eigenvalue weighted by molar-refractivity contribution is -0.136. The highest BCUT2D eigenvalue weighted by Gasteiger charge is 2.43. The minimum absolute atomic E-state index is 0.157. The molecule has 5 heteroatoms. The molecule has 1 aromatic rings. The largest absolute Gasteiger partial charge is 0.385 e. The van der Waals surface area contributed by atoms with Crippen molar-refractivity contribution >= 4 is 5.91 Å². The highest BCUT2D eigenvalue weighted by Crippen LogP contribution is 2.43. The Morgan fingerprint density at radius 2 is 1.86 bits per heavy atom. The van der Waals surface area contributed by atoms with Crippen LogP contribution in [-0.2, 0) is 15.2 Å². The van der Waals surface area contributed by atoms with Crippen molar-refractivity contribution in [2.75, 3.05) is 47.4 Å². The van der Waals surface area contributed by atoms with Crippen LogP contribution < -0.4 is 0 Å². The van der Waals surface area contributed by atoms with Gasteiger partial charge in [0.2, 0.25) is 5.91 Å². The average molecular weight is 489 g/mol. The number of rotatable bonds is 13. The van der Waals surface area contributed by atoms with E-state index in [0.717, 1.165) is 56.7 Å². The van der Waals surface area contributed by atoms with E-state index >= 15 is 4.39 Å². The SMILES string of the molecule is COCCCCC(F)(c1ccccc1)[C@@H]1CCCN(C(=O)C[C@@H](CC2CCCCC2)CN(C)C)C1. The van der Waals surface area contributed by atoms with E-state index in [1.54, 1.807) is 7.11 Å².